The third-order valence-corrected chi connectivity index (χ3v) is 5.73. The number of rotatable bonds is 6. The van der Waals surface area contributed by atoms with Gasteiger partial charge in [-0.3, -0.25) is 4.72 Å². The summed E-state index contributed by atoms with van der Waals surface area (Å²) in [5.74, 6) is 0.564. The molecule has 1 aromatic rings. The number of hydrogen-bond acceptors (Lipinski definition) is 3. The first-order chi connectivity index (χ1) is 10.00. The minimum Gasteiger partial charge on any atom is -0.313 e. The summed E-state index contributed by atoms with van der Waals surface area (Å²) in [5.41, 5.74) is 1.74. The van der Waals surface area contributed by atoms with Crippen molar-refractivity contribution in [1.82, 2.24) is 5.32 Å². The lowest BCUT2D eigenvalue weighted by Gasteiger charge is -2.21. The van der Waals surface area contributed by atoms with Gasteiger partial charge in [0.1, 0.15) is 0 Å². The number of anilines is 1. The van der Waals surface area contributed by atoms with Crippen LogP contribution in [0, 0.1) is 5.92 Å². The summed E-state index contributed by atoms with van der Waals surface area (Å²) in [6.07, 6.45) is 5.65. The van der Waals surface area contributed by atoms with Crippen LogP contribution >= 0.6 is 0 Å². The highest BCUT2D eigenvalue weighted by molar-refractivity contribution is 7.92. The Hall–Kier alpha value is -1.07. The summed E-state index contributed by atoms with van der Waals surface area (Å²) < 4.78 is 27.3. The first-order valence-electron chi connectivity index (χ1n) is 7.78. The summed E-state index contributed by atoms with van der Waals surface area (Å²) in [7, 11) is -1.36. The average Bonchev–Trinajstić information content (AvgIpc) is 2.46. The molecule has 5 heteroatoms. The fraction of sp³-hybridized carbons (Fsp3) is 0.625. The van der Waals surface area contributed by atoms with Gasteiger partial charge in [-0.2, -0.15) is 0 Å². The van der Waals surface area contributed by atoms with Gasteiger partial charge in [0.05, 0.1) is 5.75 Å². The maximum Gasteiger partial charge on any atom is 0.232 e. The van der Waals surface area contributed by atoms with Crippen LogP contribution in [0.5, 0.6) is 0 Å². The minimum absolute atomic E-state index is 0.202. The molecule has 0 bridgehead atoms. The SMILES string of the molecule is CNC(C)c1cccc(NS(=O)(=O)CC2CCCCC2)c1. The molecule has 1 saturated carbocycles. The van der Waals surface area contributed by atoms with Gasteiger partial charge in [-0.05, 0) is 50.4 Å². The standard InChI is InChI=1S/C16H26N2O2S/c1-13(17-2)15-9-6-10-16(11-15)18-21(19,20)12-14-7-4-3-5-8-14/h6,9-11,13-14,17-18H,3-5,7-8,12H2,1-2H3. The quantitative estimate of drug-likeness (QED) is 0.847. The van der Waals surface area contributed by atoms with Gasteiger partial charge in [-0.1, -0.05) is 31.4 Å². The Morgan fingerprint density at radius 1 is 1.24 bits per heavy atom. The van der Waals surface area contributed by atoms with Crippen molar-refractivity contribution in [3.8, 4) is 0 Å². The second-order valence-corrected chi connectivity index (χ2v) is 7.79. The van der Waals surface area contributed by atoms with Crippen molar-refractivity contribution in [3.05, 3.63) is 29.8 Å². The van der Waals surface area contributed by atoms with E-state index in [1.165, 1.54) is 6.42 Å². The zero-order valence-electron chi connectivity index (χ0n) is 12.9. The van der Waals surface area contributed by atoms with E-state index in [0.717, 1.165) is 31.2 Å². The van der Waals surface area contributed by atoms with E-state index in [-0.39, 0.29) is 11.8 Å². The normalized spacial score (nSPS) is 18.4. The Kier molecular flexibility index (Phi) is 5.65. The predicted molar refractivity (Wildman–Crippen MR) is 87.9 cm³/mol. The van der Waals surface area contributed by atoms with E-state index in [1.54, 1.807) is 0 Å². The van der Waals surface area contributed by atoms with Crippen LogP contribution in [0.4, 0.5) is 5.69 Å². The average molecular weight is 310 g/mol. The summed E-state index contributed by atoms with van der Waals surface area (Å²) >= 11 is 0. The zero-order chi connectivity index (χ0) is 15.3. The second kappa shape index (κ2) is 7.27. The lowest BCUT2D eigenvalue weighted by atomic mass is 9.91. The van der Waals surface area contributed by atoms with Crippen LogP contribution in [-0.4, -0.2) is 21.2 Å². The molecule has 118 valence electrons. The largest absolute Gasteiger partial charge is 0.313 e. The lowest BCUT2D eigenvalue weighted by Crippen LogP contribution is -2.24. The van der Waals surface area contributed by atoms with E-state index in [1.807, 2.05) is 31.3 Å². The fourth-order valence-corrected chi connectivity index (χ4v) is 4.45. The van der Waals surface area contributed by atoms with Crippen molar-refractivity contribution < 1.29 is 8.42 Å². The van der Waals surface area contributed by atoms with Crippen LogP contribution in [-0.2, 0) is 10.0 Å². The molecule has 1 aliphatic rings. The van der Waals surface area contributed by atoms with Crippen LogP contribution in [0.1, 0.15) is 50.6 Å². The highest BCUT2D eigenvalue weighted by atomic mass is 32.2. The van der Waals surface area contributed by atoms with Gasteiger partial charge in [0, 0.05) is 11.7 Å². The van der Waals surface area contributed by atoms with E-state index in [0.29, 0.717) is 11.6 Å². The van der Waals surface area contributed by atoms with Crippen molar-refractivity contribution in [1.29, 1.82) is 0 Å². The Morgan fingerprint density at radius 2 is 1.95 bits per heavy atom. The van der Waals surface area contributed by atoms with E-state index in [4.69, 9.17) is 0 Å². The van der Waals surface area contributed by atoms with E-state index in [9.17, 15) is 8.42 Å². The van der Waals surface area contributed by atoms with Gasteiger partial charge in [0.25, 0.3) is 0 Å². The molecule has 1 atom stereocenters. The molecule has 2 rings (SSSR count). The zero-order valence-corrected chi connectivity index (χ0v) is 13.7. The Bertz CT molecular complexity index is 551. The molecule has 0 saturated heterocycles. The molecule has 0 heterocycles. The summed E-state index contributed by atoms with van der Waals surface area (Å²) in [6, 6.07) is 7.80. The van der Waals surface area contributed by atoms with E-state index in [2.05, 4.69) is 17.0 Å². The van der Waals surface area contributed by atoms with Gasteiger partial charge in [-0.15, -0.1) is 0 Å². The topological polar surface area (TPSA) is 58.2 Å². The monoisotopic (exact) mass is 310 g/mol. The van der Waals surface area contributed by atoms with Crippen LogP contribution in [0.2, 0.25) is 0 Å². The van der Waals surface area contributed by atoms with Gasteiger partial charge < -0.3 is 5.32 Å². The molecule has 0 radical (unpaired) electrons. The summed E-state index contributed by atoms with van der Waals surface area (Å²) in [4.78, 5) is 0. The molecule has 4 nitrogen and oxygen atoms in total. The number of sulfonamides is 1. The van der Waals surface area contributed by atoms with Gasteiger partial charge in [-0.25, -0.2) is 8.42 Å². The van der Waals surface area contributed by atoms with Crippen molar-refractivity contribution in [3.63, 3.8) is 0 Å². The molecular weight excluding hydrogens is 284 g/mol. The number of benzene rings is 1. The fourth-order valence-electron chi connectivity index (χ4n) is 2.92. The second-order valence-electron chi connectivity index (χ2n) is 6.02. The van der Waals surface area contributed by atoms with Crippen LogP contribution in [0.25, 0.3) is 0 Å². The van der Waals surface area contributed by atoms with Crippen molar-refractivity contribution in [2.24, 2.45) is 5.92 Å². The van der Waals surface area contributed by atoms with E-state index >= 15 is 0 Å². The molecule has 1 aliphatic carbocycles. The maximum absolute atomic E-state index is 12.3. The molecular formula is C16H26N2O2S. The smallest absolute Gasteiger partial charge is 0.232 e. The lowest BCUT2D eigenvalue weighted by molar-refractivity contribution is 0.385. The van der Waals surface area contributed by atoms with Crippen LogP contribution < -0.4 is 10.0 Å². The van der Waals surface area contributed by atoms with E-state index < -0.39 is 10.0 Å². The molecule has 1 aromatic carbocycles. The third-order valence-electron chi connectivity index (χ3n) is 4.27. The third kappa shape index (κ3) is 5.00. The Balaban J connectivity index is 2.02. The first kappa shape index (κ1) is 16.3. The molecule has 1 unspecified atom stereocenters. The highest BCUT2D eigenvalue weighted by Gasteiger charge is 2.21. The molecule has 2 N–H and O–H groups in total. The van der Waals surface area contributed by atoms with Gasteiger partial charge >= 0.3 is 0 Å². The molecule has 0 aromatic heterocycles. The summed E-state index contributed by atoms with van der Waals surface area (Å²) in [5, 5.41) is 3.16. The minimum atomic E-state index is -3.25. The maximum atomic E-state index is 12.3. The molecule has 1 fully saturated rings. The Morgan fingerprint density at radius 3 is 2.62 bits per heavy atom. The highest BCUT2D eigenvalue weighted by Crippen LogP contribution is 2.26. The van der Waals surface area contributed by atoms with Gasteiger partial charge in [0.15, 0.2) is 0 Å². The number of hydrogen-bond donors (Lipinski definition) is 2. The Labute approximate surface area is 128 Å². The molecule has 0 spiro atoms. The van der Waals surface area contributed by atoms with Crippen molar-refractivity contribution in [2.45, 2.75) is 45.1 Å². The molecule has 0 amide bonds. The van der Waals surface area contributed by atoms with Crippen molar-refractivity contribution >= 4 is 15.7 Å². The van der Waals surface area contributed by atoms with Crippen molar-refractivity contribution in [2.75, 3.05) is 17.5 Å². The van der Waals surface area contributed by atoms with Crippen LogP contribution in [0.15, 0.2) is 24.3 Å². The first-order valence-corrected chi connectivity index (χ1v) is 9.43. The number of nitrogens with one attached hydrogen (secondary N) is 2. The summed E-state index contributed by atoms with van der Waals surface area (Å²) in [6.45, 7) is 2.05. The van der Waals surface area contributed by atoms with Crippen LogP contribution in [0.3, 0.4) is 0 Å². The molecule has 0 aliphatic heterocycles. The predicted octanol–water partition coefficient (Wildman–Crippen LogP) is 3.29. The van der Waals surface area contributed by atoms with Gasteiger partial charge in [0.2, 0.25) is 10.0 Å². The molecule has 21 heavy (non-hydrogen) atoms.